The van der Waals surface area contributed by atoms with Crippen LogP contribution in [0.1, 0.15) is 27.5 Å². The fourth-order valence-corrected chi connectivity index (χ4v) is 3.36. The van der Waals surface area contributed by atoms with Crippen LogP contribution in [0.5, 0.6) is 11.5 Å². The second kappa shape index (κ2) is 8.83. The number of rotatable bonds is 7. The highest BCUT2D eigenvalue weighted by molar-refractivity contribution is 5.95. The van der Waals surface area contributed by atoms with E-state index in [0.717, 1.165) is 22.2 Å². The molecule has 0 aliphatic rings. The Bertz CT molecular complexity index is 1200. The van der Waals surface area contributed by atoms with Crippen LogP contribution in [0.4, 0.5) is 8.78 Å². The average Bonchev–Trinajstić information content (AvgIpc) is 3.25. The Labute approximate surface area is 176 Å². The number of carbonyl (C=O) groups excluding carboxylic acids is 1. The molecule has 0 spiro atoms. The molecule has 2 N–H and O–H groups in total. The Morgan fingerprint density at radius 1 is 1.00 bits per heavy atom. The van der Waals surface area contributed by atoms with Gasteiger partial charge in [-0.25, -0.2) is 4.98 Å². The van der Waals surface area contributed by atoms with E-state index in [-0.39, 0.29) is 17.1 Å². The Morgan fingerprint density at radius 3 is 2.55 bits per heavy atom. The first kappa shape index (κ1) is 20.3. The Hall–Kier alpha value is -3.94. The molecule has 0 fully saturated rings. The van der Waals surface area contributed by atoms with Crippen molar-refractivity contribution in [2.75, 3.05) is 7.11 Å². The zero-order valence-electron chi connectivity index (χ0n) is 16.5. The van der Waals surface area contributed by atoms with Crippen LogP contribution in [0.15, 0.2) is 73.1 Å². The van der Waals surface area contributed by atoms with Crippen molar-refractivity contribution in [2.45, 2.75) is 12.7 Å². The molecule has 158 valence electrons. The number of hydrogen-bond donors (Lipinski definition) is 2. The highest BCUT2D eigenvalue weighted by atomic mass is 19.3. The minimum Gasteiger partial charge on any atom is -0.493 e. The van der Waals surface area contributed by atoms with E-state index in [2.05, 4.69) is 20.0 Å². The van der Waals surface area contributed by atoms with E-state index in [1.165, 1.54) is 25.3 Å². The molecule has 0 bridgehead atoms. The summed E-state index contributed by atoms with van der Waals surface area (Å²) in [6.45, 7) is -3.04. The van der Waals surface area contributed by atoms with Crippen molar-refractivity contribution in [1.29, 1.82) is 0 Å². The molecular weight excluding hydrogens is 404 g/mol. The van der Waals surface area contributed by atoms with Gasteiger partial charge in [-0.1, -0.05) is 36.4 Å². The Kier molecular flexibility index (Phi) is 5.79. The van der Waals surface area contributed by atoms with Gasteiger partial charge in [0.1, 0.15) is 0 Å². The van der Waals surface area contributed by atoms with Gasteiger partial charge in [0.05, 0.1) is 30.5 Å². The number of carbonyl (C=O) groups is 1. The van der Waals surface area contributed by atoms with Crippen molar-refractivity contribution >= 4 is 16.9 Å². The van der Waals surface area contributed by atoms with Crippen LogP contribution in [0, 0.1) is 0 Å². The molecule has 1 aromatic heterocycles. The van der Waals surface area contributed by atoms with E-state index in [9.17, 15) is 13.6 Å². The smallest absolute Gasteiger partial charge is 0.387 e. The molecule has 4 aromatic rings. The highest BCUT2D eigenvalue weighted by Gasteiger charge is 2.20. The monoisotopic (exact) mass is 423 g/mol. The van der Waals surface area contributed by atoms with Crippen LogP contribution in [0.2, 0.25) is 0 Å². The van der Waals surface area contributed by atoms with E-state index >= 15 is 0 Å². The third-order valence-electron chi connectivity index (χ3n) is 4.83. The fourth-order valence-electron chi connectivity index (χ4n) is 3.36. The summed E-state index contributed by atoms with van der Waals surface area (Å²) in [5, 5.41) is 2.98. The maximum absolute atomic E-state index is 13.0. The molecule has 0 aliphatic heterocycles. The van der Waals surface area contributed by atoms with Crippen molar-refractivity contribution in [3.05, 3.63) is 89.7 Å². The zero-order chi connectivity index (χ0) is 21.8. The van der Waals surface area contributed by atoms with Crippen molar-refractivity contribution in [2.24, 2.45) is 0 Å². The molecule has 31 heavy (non-hydrogen) atoms. The van der Waals surface area contributed by atoms with E-state index in [4.69, 9.17) is 4.74 Å². The summed E-state index contributed by atoms with van der Waals surface area (Å²) in [6, 6.07) is 18.8. The molecule has 1 unspecified atom stereocenters. The third kappa shape index (κ3) is 4.48. The van der Waals surface area contributed by atoms with Crippen molar-refractivity contribution < 1.29 is 23.0 Å². The number of H-pyrrole nitrogens is 1. The lowest BCUT2D eigenvalue weighted by molar-refractivity contribution is -0.0512. The number of ether oxygens (including phenoxy) is 2. The van der Waals surface area contributed by atoms with Crippen LogP contribution < -0.4 is 14.8 Å². The van der Waals surface area contributed by atoms with Gasteiger partial charge in [0, 0.05) is 5.56 Å². The summed E-state index contributed by atoms with van der Waals surface area (Å²) in [5.74, 6) is -0.540. The lowest BCUT2D eigenvalue weighted by Gasteiger charge is -2.20. The van der Waals surface area contributed by atoms with E-state index in [0.29, 0.717) is 0 Å². The molecule has 3 aromatic carbocycles. The zero-order valence-corrected chi connectivity index (χ0v) is 16.5. The van der Waals surface area contributed by atoms with Gasteiger partial charge in [0.2, 0.25) is 0 Å². The fraction of sp³-hybridized carbons (Fsp3) is 0.130. The van der Waals surface area contributed by atoms with Crippen LogP contribution >= 0.6 is 0 Å². The molecule has 4 rings (SSSR count). The van der Waals surface area contributed by atoms with Gasteiger partial charge in [-0.05, 0) is 41.5 Å². The van der Waals surface area contributed by atoms with Gasteiger partial charge in [0.15, 0.2) is 11.5 Å². The number of aromatic nitrogens is 2. The largest absolute Gasteiger partial charge is 0.493 e. The van der Waals surface area contributed by atoms with Gasteiger partial charge in [-0.3, -0.25) is 4.79 Å². The SMILES string of the molecule is COc1ccc(C(=O)NC(c2ccccc2)c2ccc3nc[nH]c3c2)cc1OC(F)F. The average molecular weight is 423 g/mol. The molecule has 0 saturated carbocycles. The molecule has 0 radical (unpaired) electrons. The predicted molar refractivity (Wildman–Crippen MR) is 111 cm³/mol. The number of imidazole rings is 1. The van der Waals surface area contributed by atoms with Gasteiger partial charge < -0.3 is 19.8 Å². The molecule has 0 saturated heterocycles. The maximum atomic E-state index is 13.0. The first-order valence-corrected chi connectivity index (χ1v) is 9.47. The van der Waals surface area contributed by atoms with Crippen LogP contribution in [0.3, 0.4) is 0 Å². The number of amides is 1. The van der Waals surface area contributed by atoms with E-state index in [1.807, 2.05) is 48.5 Å². The number of methoxy groups -OCH3 is 1. The van der Waals surface area contributed by atoms with E-state index < -0.39 is 18.6 Å². The molecule has 6 nitrogen and oxygen atoms in total. The summed E-state index contributed by atoms with van der Waals surface area (Å²) in [6.07, 6.45) is 1.60. The first-order valence-electron chi connectivity index (χ1n) is 9.47. The summed E-state index contributed by atoms with van der Waals surface area (Å²) in [5.41, 5.74) is 3.52. The number of alkyl halides is 2. The van der Waals surface area contributed by atoms with Crippen molar-refractivity contribution in [3.8, 4) is 11.5 Å². The molecule has 1 amide bonds. The van der Waals surface area contributed by atoms with Gasteiger partial charge in [-0.15, -0.1) is 0 Å². The standard InChI is InChI=1S/C23H19F2N3O3/c1-30-19-10-8-16(12-20(19)31-23(24)25)22(29)28-21(14-5-3-2-4-6-14)15-7-9-17-18(11-15)27-13-26-17/h2-13,21,23H,1H3,(H,26,27)(H,28,29). The Morgan fingerprint density at radius 2 is 1.81 bits per heavy atom. The summed E-state index contributed by atoms with van der Waals surface area (Å²) in [4.78, 5) is 20.3. The lowest BCUT2D eigenvalue weighted by Crippen LogP contribution is -2.29. The van der Waals surface area contributed by atoms with Gasteiger partial charge in [-0.2, -0.15) is 8.78 Å². The van der Waals surface area contributed by atoms with Gasteiger partial charge >= 0.3 is 6.61 Å². The summed E-state index contributed by atoms with van der Waals surface area (Å²) in [7, 11) is 1.34. The highest BCUT2D eigenvalue weighted by Crippen LogP contribution is 2.30. The summed E-state index contributed by atoms with van der Waals surface area (Å²) < 4.78 is 35.0. The number of halogens is 2. The van der Waals surface area contributed by atoms with Crippen LogP contribution in [-0.2, 0) is 0 Å². The summed E-state index contributed by atoms with van der Waals surface area (Å²) >= 11 is 0. The van der Waals surface area contributed by atoms with Crippen molar-refractivity contribution in [3.63, 3.8) is 0 Å². The molecule has 0 aliphatic carbocycles. The van der Waals surface area contributed by atoms with Gasteiger partial charge in [0.25, 0.3) is 5.91 Å². The second-order valence-electron chi connectivity index (χ2n) is 6.74. The normalized spacial score (nSPS) is 12.0. The number of benzene rings is 3. The second-order valence-corrected chi connectivity index (χ2v) is 6.74. The van der Waals surface area contributed by atoms with Crippen molar-refractivity contribution in [1.82, 2.24) is 15.3 Å². The Balaban J connectivity index is 1.68. The predicted octanol–water partition coefficient (Wildman–Crippen LogP) is 4.69. The minimum absolute atomic E-state index is 0.112. The topological polar surface area (TPSA) is 76.2 Å². The minimum atomic E-state index is -3.04. The molecular formula is C23H19F2N3O3. The number of nitrogens with zero attached hydrogens (tertiary/aromatic N) is 1. The molecule has 1 heterocycles. The third-order valence-corrected chi connectivity index (χ3v) is 4.83. The maximum Gasteiger partial charge on any atom is 0.387 e. The number of aromatic amines is 1. The number of nitrogens with one attached hydrogen (secondary N) is 2. The number of hydrogen-bond acceptors (Lipinski definition) is 4. The molecule has 8 heteroatoms. The lowest BCUT2D eigenvalue weighted by atomic mass is 9.97. The quantitative estimate of drug-likeness (QED) is 0.452. The van der Waals surface area contributed by atoms with E-state index in [1.54, 1.807) is 6.33 Å². The molecule has 1 atom stereocenters. The number of fused-ring (bicyclic) bond motifs is 1. The van der Waals surface area contributed by atoms with Crippen LogP contribution in [0.25, 0.3) is 11.0 Å². The first-order chi connectivity index (χ1) is 15.0. The van der Waals surface area contributed by atoms with Crippen LogP contribution in [-0.4, -0.2) is 29.6 Å².